The first-order valence-electron chi connectivity index (χ1n) is 4.72. The van der Waals surface area contributed by atoms with Crippen molar-refractivity contribution < 1.29 is 35.9 Å². The van der Waals surface area contributed by atoms with Crippen molar-refractivity contribution in [2.45, 2.75) is 19.1 Å². The van der Waals surface area contributed by atoms with Gasteiger partial charge in [-0.1, -0.05) is 0 Å². The molecule has 1 rings (SSSR count). The van der Waals surface area contributed by atoms with Gasteiger partial charge in [-0.3, -0.25) is 4.79 Å². The molecule has 0 aliphatic carbocycles. The molecular weight excluding hydrogens is 318 g/mol. The maximum Gasteiger partial charge on any atom is 0.573 e. The van der Waals surface area contributed by atoms with Crippen LogP contribution in [0.2, 0.25) is 0 Å². The number of nitrogens with two attached hydrogens (primary N) is 1. The SMILES string of the molecule is NCc1nc(C(F)(F)F)c(OC(F)(F)F)cc1C(=O)Cl. The fourth-order valence-corrected chi connectivity index (χ4v) is 1.43. The first-order valence-corrected chi connectivity index (χ1v) is 5.10. The minimum atomic E-state index is -5.39. The van der Waals surface area contributed by atoms with E-state index in [1.54, 1.807) is 0 Å². The van der Waals surface area contributed by atoms with E-state index in [0.717, 1.165) is 0 Å². The molecule has 1 aromatic rings. The van der Waals surface area contributed by atoms with Gasteiger partial charge in [-0.05, 0) is 17.7 Å². The summed E-state index contributed by atoms with van der Waals surface area (Å²) in [5.41, 5.74) is 1.84. The number of ether oxygens (including phenoxy) is 1. The smallest absolute Gasteiger partial charge is 0.403 e. The number of carbonyl (C=O) groups is 1. The van der Waals surface area contributed by atoms with Gasteiger partial charge in [-0.2, -0.15) is 13.2 Å². The lowest BCUT2D eigenvalue weighted by atomic mass is 10.1. The summed E-state index contributed by atoms with van der Waals surface area (Å²) in [6, 6.07) is 0.209. The van der Waals surface area contributed by atoms with Crippen LogP contribution in [0.1, 0.15) is 21.7 Å². The lowest BCUT2D eigenvalue weighted by Gasteiger charge is -2.16. The molecule has 112 valence electrons. The Bertz CT molecular complexity index is 528. The Hall–Kier alpha value is -1.55. The van der Waals surface area contributed by atoms with E-state index in [9.17, 15) is 31.1 Å². The zero-order valence-corrected chi connectivity index (χ0v) is 10.0. The molecule has 0 saturated heterocycles. The summed E-state index contributed by atoms with van der Waals surface area (Å²) in [7, 11) is 0. The number of carbonyl (C=O) groups excluding carboxylic acids is 1. The Kier molecular flexibility index (Phi) is 4.49. The van der Waals surface area contributed by atoms with Crippen LogP contribution in [0.5, 0.6) is 5.75 Å². The molecule has 0 saturated carbocycles. The number of hydrogen-bond donors (Lipinski definition) is 1. The summed E-state index contributed by atoms with van der Waals surface area (Å²) in [6.07, 6.45) is -10.6. The van der Waals surface area contributed by atoms with E-state index in [2.05, 4.69) is 9.72 Å². The normalized spacial score (nSPS) is 12.4. The standard InChI is InChI=1S/C9H5ClF6N2O2/c10-7(19)3-1-5(20-9(14,15)16)6(8(11,12)13)18-4(3)2-17/h1H,2,17H2. The number of hydrogen-bond acceptors (Lipinski definition) is 4. The van der Waals surface area contributed by atoms with Crippen LogP contribution < -0.4 is 10.5 Å². The third-order valence-electron chi connectivity index (χ3n) is 1.97. The highest BCUT2D eigenvalue weighted by Crippen LogP contribution is 2.38. The number of aromatic nitrogens is 1. The highest BCUT2D eigenvalue weighted by Gasteiger charge is 2.42. The second kappa shape index (κ2) is 5.44. The molecule has 0 spiro atoms. The predicted octanol–water partition coefficient (Wildman–Crippen LogP) is 2.84. The summed E-state index contributed by atoms with van der Waals surface area (Å²) < 4.78 is 77.2. The van der Waals surface area contributed by atoms with E-state index < -0.39 is 47.0 Å². The predicted molar refractivity (Wildman–Crippen MR) is 54.0 cm³/mol. The van der Waals surface area contributed by atoms with E-state index >= 15 is 0 Å². The Labute approximate surface area is 112 Å². The number of halogens is 7. The quantitative estimate of drug-likeness (QED) is 0.686. The van der Waals surface area contributed by atoms with E-state index in [1.807, 2.05) is 0 Å². The lowest BCUT2D eigenvalue weighted by Crippen LogP contribution is -2.23. The Morgan fingerprint density at radius 3 is 2.20 bits per heavy atom. The van der Waals surface area contributed by atoms with Crippen molar-refractivity contribution in [3.05, 3.63) is 23.0 Å². The highest BCUT2D eigenvalue weighted by atomic mass is 35.5. The number of pyridine rings is 1. The summed E-state index contributed by atoms with van der Waals surface area (Å²) in [4.78, 5) is 13.8. The largest absolute Gasteiger partial charge is 0.573 e. The van der Waals surface area contributed by atoms with E-state index in [1.165, 1.54) is 0 Å². The fourth-order valence-electron chi connectivity index (χ4n) is 1.26. The van der Waals surface area contributed by atoms with Crippen LogP contribution >= 0.6 is 11.6 Å². The van der Waals surface area contributed by atoms with Crippen molar-refractivity contribution in [3.8, 4) is 5.75 Å². The van der Waals surface area contributed by atoms with Gasteiger partial charge in [0.1, 0.15) is 0 Å². The maximum absolute atomic E-state index is 12.6. The number of rotatable bonds is 3. The third-order valence-corrected chi connectivity index (χ3v) is 2.17. The second-order valence-electron chi connectivity index (χ2n) is 3.35. The van der Waals surface area contributed by atoms with Crippen molar-refractivity contribution in [2.24, 2.45) is 5.73 Å². The Morgan fingerprint density at radius 1 is 1.30 bits per heavy atom. The van der Waals surface area contributed by atoms with Gasteiger partial charge >= 0.3 is 12.5 Å². The van der Waals surface area contributed by atoms with Crippen LogP contribution in [0.3, 0.4) is 0 Å². The first kappa shape index (κ1) is 16.5. The van der Waals surface area contributed by atoms with Crippen molar-refractivity contribution in [2.75, 3.05) is 0 Å². The van der Waals surface area contributed by atoms with Crippen molar-refractivity contribution in [1.82, 2.24) is 4.98 Å². The second-order valence-corrected chi connectivity index (χ2v) is 3.70. The summed E-state index contributed by atoms with van der Waals surface area (Å²) in [5.74, 6) is -1.67. The molecule has 0 radical (unpaired) electrons. The van der Waals surface area contributed by atoms with Gasteiger partial charge in [0.15, 0.2) is 11.4 Å². The molecule has 20 heavy (non-hydrogen) atoms. The minimum Gasteiger partial charge on any atom is -0.403 e. The monoisotopic (exact) mass is 322 g/mol. The molecule has 0 fully saturated rings. The van der Waals surface area contributed by atoms with Gasteiger partial charge in [-0.25, -0.2) is 4.98 Å². The molecule has 0 bridgehead atoms. The zero-order chi connectivity index (χ0) is 15.7. The van der Waals surface area contributed by atoms with Gasteiger partial charge < -0.3 is 10.5 Å². The zero-order valence-electron chi connectivity index (χ0n) is 9.27. The molecule has 0 aliphatic heterocycles. The maximum atomic E-state index is 12.6. The van der Waals surface area contributed by atoms with Crippen molar-refractivity contribution in [3.63, 3.8) is 0 Å². The molecule has 1 aromatic heterocycles. The molecule has 0 amide bonds. The molecule has 0 aromatic carbocycles. The summed E-state index contributed by atoms with van der Waals surface area (Å²) in [5, 5.41) is -1.31. The van der Waals surface area contributed by atoms with Crippen molar-refractivity contribution >= 4 is 16.8 Å². The summed E-state index contributed by atoms with van der Waals surface area (Å²) in [6.45, 7) is -0.622. The van der Waals surface area contributed by atoms with Crippen LogP contribution in [0.4, 0.5) is 26.3 Å². The molecular formula is C9H5ClF6N2O2. The average molecular weight is 323 g/mol. The molecule has 4 nitrogen and oxygen atoms in total. The topological polar surface area (TPSA) is 65.2 Å². The molecule has 11 heteroatoms. The van der Waals surface area contributed by atoms with Gasteiger partial charge in [-0.15, -0.1) is 13.2 Å². The molecule has 0 unspecified atom stereocenters. The van der Waals surface area contributed by atoms with E-state index in [-0.39, 0.29) is 6.07 Å². The Morgan fingerprint density at radius 2 is 1.85 bits per heavy atom. The average Bonchev–Trinajstić information content (AvgIpc) is 2.24. The molecule has 0 aliphatic rings. The van der Waals surface area contributed by atoms with Gasteiger partial charge in [0.25, 0.3) is 5.24 Å². The lowest BCUT2D eigenvalue weighted by molar-refractivity contribution is -0.276. The van der Waals surface area contributed by atoms with Crippen LogP contribution in [0, 0.1) is 0 Å². The van der Waals surface area contributed by atoms with E-state index in [0.29, 0.717) is 0 Å². The van der Waals surface area contributed by atoms with Crippen LogP contribution in [-0.2, 0) is 12.7 Å². The van der Waals surface area contributed by atoms with Gasteiger partial charge in [0.05, 0.1) is 11.3 Å². The summed E-state index contributed by atoms with van der Waals surface area (Å²) >= 11 is 5.04. The third kappa shape index (κ3) is 3.97. The molecule has 0 atom stereocenters. The first-order chi connectivity index (χ1) is 8.95. The molecule has 1 heterocycles. The van der Waals surface area contributed by atoms with Gasteiger partial charge in [0.2, 0.25) is 0 Å². The molecule has 2 N–H and O–H groups in total. The number of alkyl halides is 6. The van der Waals surface area contributed by atoms with Crippen molar-refractivity contribution in [1.29, 1.82) is 0 Å². The van der Waals surface area contributed by atoms with E-state index in [4.69, 9.17) is 17.3 Å². The van der Waals surface area contributed by atoms with Crippen LogP contribution in [-0.4, -0.2) is 16.6 Å². The Balaban J connectivity index is 3.52. The fraction of sp³-hybridized carbons (Fsp3) is 0.333. The minimum absolute atomic E-state index is 0.209. The van der Waals surface area contributed by atoms with Crippen LogP contribution in [0.15, 0.2) is 6.07 Å². The van der Waals surface area contributed by atoms with Gasteiger partial charge in [0, 0.05) is 6.54 Å². The highest BCUT2D eigenvalue weighted by molar-refractivity contribution is 6.67. The van der Waals surface area contributed by atoms with Crippen LogP contribution in [0.25, 0.3) is 0 Å². The number of nitrogens with zero attached hydrogens (tertiary/aromatic N) is 1.